The van der Waals surface area contributed by atoms with Crippen LogP contribution in [0.1, 0.15) is 27.0 Å². The number of aromatic hydroxyl groups is 1. The minimum atomic E-state index is -0.887. The number of hydrogen-bond donors (Lipinski definition) is 1. The van der Waals surface area contributed by atoms with E-state index in [1.54, 1.807) is 12.1 Å². The lowest BCUT2D eigenvalue weighted by Crippen LogP contribution is -2.34. The number of nitrogens with zero attached hydrogens (tertiary/aromatic N) is 3. The van der Waals surface area contributed by atoms with E-state index in [0.717, 1.165) is 0 Å². The van der Waals surface area contributed by atoms with E-state index >= 15 is 0 Å². The van der Waals surface area contributed by atoms with E-state index in [1.165, 1.54) is 29.5 Å². The minimum absolute atomic E-state index is 0.115. The molecule has 0 bridgehead atoms. The highest BCUT2D eigenvalue weighted by atomic mass is 16.5. The molecule has 6 nitrogen and oxygen atoms in total. The summed E-state index contributed by atoms with van der Waals surface area (Å²) in [6.45, 7) is 5.46. The highest BCUT2D eigenvalue weighted by Crippen LogP contribution is 2.26. The number of benzene rings is 1. The fourth-order valence-corrected chi connectivity index (χ4v) is 1.59. The second-order valence-corrected chi connectivity index (χ2v) is 5.45. The van der Waals surface area contributed by atoms with Gasteiger partial charge in [-0.1, -0.05) is 20.8 Å². The van der Waals surface area contributed by atoms with Crippen LogP contribution in [0.25, 0.3) is 0 Å². The standard InChI is InChI=1S/C14H17N3O3/c1-14(2,3)12(19)13(17-9-15-8-16-17)20-11-6-4-10(18)5-7-11/h4-9,13,18H,1-3H3. The minimum Gasteiger partial charge on any atom is -0.508 e. The van der Waals surface area contributed by atoms with Crippen LogP contribution in [0.2, 0.25) is 0 Å². The van der Waals surface area contributed by atoms with Gasteiger partial charge in [-0.05, 0) is 24.3 Å². The number of hydrogen-bond acceptors (Lipinski definition) is 5. The molecule has 1 unspecified atom stereocenters. The van der Waals surface area contributed by atoms with Gasteiger partial charge in [0.25, 0.3) is 6.23 Å². The van der Waals surface area contributed by atoms with Crippen molar-refractivity contribution < 1.29 is 14.6 Å². The van der Waals surface area contributed by atoms with E-state index in [-0.39, 0.29) is 11.5 Å². The molecule has 0 saturated carbocycles. The molecule has 2 rings (SSSR count). The third kappa shape index (κ3) is 3.14. The molecule has 0 aliphatic rings. The molecule has 1 aromatic carbocycles. The van der Waals surface area contributed by atoms with Crippen molar-refractivity contribution in [2.24, 2.45) is 5.41 Å². The van der Waals surface area contributed by atoms with Crippen LogP contribution in [0.4, 0.5) is 0 Å². The number of rotatable bonds is 4. The van der Waals surface area contributed by atoms with Gasteiger partial charge in [-0.25, -0.2) is 9.67 Å². The maximum Gasteiger partial charge on any atom is 0.252 e. The lowest BCUT2D eigenvalue weighted by atomic mass is 9.90. The van der Waals surface area contributed by atoms with Crippen molar-refractivity contribution in [2.45, 2.75) is 27.0 Å². The molecule has 0 amide bonds. The second kappa shape index (κ2) is 5.32. The van der Waals surface area contributed by atoms with Crippen LogP contribution in [-0.4, -0.2) is 25.7 Å². The van der Waals surface area contributed by atoms with Gasteiger partial charge in [0.15, 0.2) is 0 Å². The monoisotopic (exact) mass is 275 g/mol. The number of ketones is 1. The molecule has 1 atom stereocenters. The SMILES string of the molecule is CC(C)(C)C(=O)C(Oc1ccc(O)cc1)n1cncn1. The van der Waals surface area contributed by atoms with Gasteiger partial charge < -0.3 is 9.84 Å². The maximum atomic E-state index is 12.5. The normalized spacial score (nSPS) is 12.9. The third-order valence-corrected chi connectivity index (χ3v) is 2.72. The first-order chi connectivity index (χ1) is 9.38. The Morgan fingerprint density at radius 1 is 1.30 bits per heavy atom. The molecule has 0 fully saturated rings. The number of Topliss-reactive ketones (excluding diaryl/α,β-unsaturated/α-hetero) is 1. The topological polar surface area (TPSA) is 77.2 Å². The van der Waals surface area contributed by atoms with Crippen LogP contribution in [0.3, 0.4) is 0 Å². The Hall–Kier alpha value is -2.37. The van der Waals surface area contributed by atoms with Crippen molar-refractivity contribution in [2.75, 3.05) is 0 Å². The van der Waals surface area contributed by atoms with Crippen molar-refractivity contribution >= 4 is 5.78 Å². The van der Waals surface area contributed by atoms with E-state index in [2.05, 4.69) is 10.1 Å². The Labute approximate surface area is 117 Å². The zero-order chi connectivity index (χ0) is 14.8. The molecule has 0 spiro atoms. The highest BCUT2D eigenvalue weighted by Gasteiger charge is 2.33. The number of aromatic nitrogens is 3. The lowest BCUT2D eigenvalue weighted by molar-refractivity contribution is -0.138. The van der Waals surface area contributed by atoms with Gasteiger partial charge in [0.05, 0.1) is 0 Å². The molecular formula is C14H17N3O3. The summed E-state index contributed by atoms with van der Waals surface area (Å²) < 4.78 is 7.08. The largest absolute Gasteiger partial charge is 0.508 e. The van der Waals surface area contributed by atoms with E-state index < -0.39 is 11.6 Å². The van der Waals surface area contributed by atoms with Gasteiger partial charge in [0.1, 0.15) is 24.2 Å². The lowest BCUT2D eigenvalue weighted by Gasteiger charge is -2.25. The highest BCUT2D eigenvalue weighted by molar-refractivity contribution is 5.86. The van der Waals surface area contributed by atoms with Crippen LogP contribution in [-0.2, 0) is 4.79 Å². The predicted molar refractivity (Wildman–Crippen MR) is 72.3 cm³/mol. The molecule has 20 heavy (non-hydrogen) atoms. The molecule has 6 heteroatoms. The average Bonchev–Trinajstić information content (AvgIpc) is 2.90. The second-order valence-electron chi connectivity index (χ2n) is 5.45. The van der Waals surface area contributed by atoms with E-state index in [0.29, 0.717) is 5.75 Å². The molecule has 0 saturated heterocycles. The van der Waals surface area contributed by atoms with Crippen LogP contribution >= 0.6 is 0 Å². The van der Waals surface area contributed by atoms with Gasteiger partial charge in [0.2, 0.25) is 5.78 Å². The zero-order valence-electron chi connectivity index (χ0n) is 11.6. The fraction of sp³-hybridized carbons (Fsp3) is 0.357. The summed E-state index contributed by atoms with van der Waals surface area (Å²) in [5.41, 5.74) is -0.576. The first-order valence-corrected chi connectivity index (χ1v) is 6.22. The van der Waals surface area contributed by atoms with Crippen molar-refractivity contribution in [1.29, 1.82) is 0 Å². The van der Waals surface area contributed by atoms with Gasteiger partial charge >= 0.3 is 0 Å². The quantitative estimate of drug-likeness (QED) is 0.925. The molecule has 1 N–H and O–H groups in total. The van der Waals surface area contributed by atoms with Gasteiger partial charge in [-0.3, -0.25) is 4.79 Å². The van der Waals surface area contributed by atoms with E-state index in [1.807, 2.05) is 20.8 Å². The Bertz CT molecular complexity index is 571. The van der Waals surface area contributed by atoms with Crippen LogP contribution in [0.15, 0.2) is 36.9 Å². The Morgan fingerprint density at radius 3 is 2.45 bits per heavy atom. The molecule has 0 radical (unpaired) electrons. The molecule has 106 valence electrons. The Kier molecular flexibility index (Phi) is 3.74. The van der Waals surface area contributed by atoms with Crippen molar-refractivity contribution in [3.8, 4) is 11.5 Å². The summed E-state index contributed by atoms with van der Waals surface area (Å²) in [5, 5.41) is 13.2. The summed E-state index contributed by atoms with van der Waals surface area (Å²) in [6.07, 6.45) is 1.90. The Morgan fingerprint density at radius 2 is 1.95 bits per heavy atom. The van der Waals surface area contributed by atoms with Crippen LogP contribution in [0, 0.1) is 5.41 Å². The predicted octanol–water partition coefficient (Wildman–Crippen LogP) is 2.18. The van der Waals surface area contributed by atoms with Crippen molar-refractivity contribution in [3.63, 3.8) is 0 Å². The number of phenols is 1. The van der Waals surface area contributed by atoms with E-state index in [9.17, 15) is 9.90 Å². The van der Waals surface area contributed by atoms with Crippen LogP contribution in [0.5, 0.6) is 11.5 Å². The first-order valence-electron chi connectivity index (χ1n) is 6.22. The molecule has 2 aromatic rings. The summed E-state index contributed by atoms with van der Waals surface area (Å²) in [4.78, 5) is 16.3. The summed E-state index contributed by atoms with van der Waals surface area (Å²) >= 11 is 0. The van der Waals surface area contributed by atoms with Gasteiger partial charge in [-0.15, -0.1) is 0 Å². The van der Waals surface area contributed by atoms with Crippen LogP contribution < -0.4 is 4.74 Å². The number of phenolic OH excluding ortho intramolecular Hbond substituents is 1. The van der Waals surface area contributed by atoms with Crippen molar-refractivity contribution in [3.05, 3.63) is 36.9 Å². The number of carbonyl (C=O) groups is 1. The Balaban J connectivity index is 2.28. The fourth-order valence-electron chi connectivity index (χ4n) is 1.59. The molecule has 1 heterocycles. The van der Waals surface area contributed by atoms with E-state index in [4.69, 9.17) is 4.74 Å². The number of carbonyl (C=O) groups excluding carboxylic acids is 1. The summed E-state index contributed by atoms with van der Waals surface area (Å²) in [6, 6.07) is 6.18. The molecule has 0 aliphatic heterocycles. The molecule has 0 aliphatic carbocycles. The average molecular weight is 275 g/mol. The third-order valence-electron chi connectivity index (χ3n) is 2.72. The van der Waals surface area contributed by atoms with Crippen molar-refractivity contribution in [1.82, 2.24) is 14.8 Å². The first kappa shape index (κ1) is 14.0. The molecular weight excluding hydrogens is 258 g/mol. The number of ether oxygens (including phenoxy) is 1. The summed E-state index contributed by atoms with van der Waals surface area (Å²) in [7, 11) is 0. The zero-order valence-corrected chi connectivity index (χ0v) is 11.6. The van der Waals surface area contributed by atoms with Gasteiger partial charge in [-0.2, -0.15) is 5.10 Å². The maximum absolute atomic E-state index is 12.5. The van der Waals surface area contributed by atoms with Gasteiger partial charge in [0, 0.05) is 5.41 Å². The molecule has 1 aromatic heterocycles. The smallest absolute Gasteiger partial charge is 0.252 e. The summed E-state index contributed by atoms with van der Waals surface area (Å²) in [5.74, 6) is 0.494.